The second-order valence-corrected chi connectivity index (χ2v) is 11.7. The van der Waals surface area contributed by atoms with Crippen molar-refractivity contribution < 1.29 is 0 Å². The molecule has 5 aromatic carbocycles. The summed E-state index contributed by atoms with van der Waals surface area (Å²) in [5, 5.41) is 3.49. The van der Waals surface area contributed by atoms with E-state index in [0.29, 0.717) is 0 Å². The van der Waals surface area contributed by atoms with Gasteiger partial charge >= 0.3 is 0 Å². The van der Waals surface area contributed by atoms with E-state index in [0.717, 1.165) is 68.7 Å². The summed E-state index contributed by atoms with van der Waals surface area (Å²) in [6.07, 6.45) is 3.87. The molecule has 46 heavy (non-hydrogen) atoms. The number of rotatable bonds is 5. The quantitative estimate of drug-likeness (QED) is 0.186. The number of anilines is 6. The van der Waals surface area contributed by atoms with Crippen molar-refractivity contribution in [1.82, 2.24) is 14.4 Å². The lowest BCUT2D eigenvalue weighted by Crippen LogP contribution is -2.24. The Bertz CT molecular complexity index is 2380. The molecular weight excluding hydrogens is 564 g/mol. The van der Waals surface area contributed by atoms with Crippen molar-refractivity contribution in [3.63, 3.8) is 0 Å². The average molecular weight is 595 g/mol. The van der Waals surface area contributed by atoms with Gasteiger partial charge in [0.15, 0.2) is 5.82 Å². The highest BCUT2D eigenvalue weighted by atomic mass is 15.4. The van der Waals surface area contributed by atoms with E-state index in [9.17, 15) is 0 Å². The third-order valence-corrected chi connectivity index (χ3v) is 8.97. The number of aromatic nitrogens is 3. The van der Waals surface area contributed by atoms with Gasteiger partial charge in [-0.2, -0.15) is 0 Å². The molecule has 1 aliphatic rings. The van der Waals surface area contributed by atoms with Crippen molar-refractivity contribution in [1.29, 1.82) is 0 Å². The highest BCUT2D eigenvalue weighted by Gasteiger charge is 2.26. The number of benzene rings is 5. The van der Waals surface area contributed by atoms with Gasteiger partial charge in [-0.3, -0.25) is 4.40 Å². The van der Waals surface area contributed by atoms with Crippen LogP contribution in [-0.4, -0.2) is 28.1 Å². The van der Waals surface area contributed by atoms with Crippen LogP contribution in [-0.2, 0) is 0 Å². The fraction of sp³-hybridized carbons (Fsp3) is 0.0500. The average Bonchev–Trinajstić information content (AvgIpc) is 3.72. The Balaban J connectivity index is 1.25. The molecule has 0 N–H and O–H groups in total. The number of pyridine rings is 2. The van der Waals surface area contributed by atoms with Crippen LogP contribution in [0.25, 0.3) is 38.6 Å². The Morgan fingerprint density at radius 3 is 2.24 bits per heavy atom. The fourth-order valence-corrected chi connectivity index (χ4v) is 6.86. The minimum Gasteiger partial charge on any atom is -0.354 e. The first-order chi connectivity index (χ1) is 22.7. The molecule has 0 amide bonds. The Labute approximate surface area is 267 Å². The maximum Gasteiger partial charge on any atom is 0.158 e. The molecule has 0 saturated heterocycles. The van der Waals surface area contributed by atoms with Gasteiger partial charge in [0.1, 0.15) is 5.65 Å². The fourth-order valence-electron chi connectivity index (χ4n) is 6.86. The maximum atomic E-state index is 5.04. The molecule has 8 aromatic rings. The van der Waals surface area contributed by atoms with Crippen LogP contribution < -0.4 is 14.7 Å². The van der Waals surface area contributed by atoms with Crippen molar-refractivity contribution >= 4 is 61.6 Å². The molecule has 1 aliphatic heterocycles. The van der Waals surface area contributed by atoms with E-state index in [-0.39, 0.29) is 0 Å². The molecule has 0 aliphatic carbocycles. The number of hydrogen-bond acceptors (Lipinski definition) is 5. The van der Waals surface area contributed by atoms with E-state index in [1.54, 1.807) is 0 Å². The largest absolute Gasteiger partial charge is 0.354 e. The maximum absolute atomic E-state index is 5.04. The summed E-state index contributed by atoms with van der Waals surface area (Å²) >= 11 is 0. The lowest BCUT2D eigenvalue weighted by molar-refractivity contribution is 0.944. The summed E-state index contributed by atoms with van der Waals surface area (Å²) in [5.74, 6) is 0.974. The van der Waals surface area contributed by atoms with E-state index in [1.165, 1.54) is 10.8 Å². The van der Waals surface area contributed by atoms with E-state index in [2.05, 4.69) is 160 Å². The molecule has 0 atom stereocenters. The molecule has 220 valence electrons. The molecule has 9 rings (SSSR count). The smallest absolute Gasteiger partial charge is 0.158 e. The highest BCUT2D eigenvalue weighted by Crippen LogP contribution is 2.43. The molecule has 6 nitrogen and oxygen atoms in total. The van der Waals surface area contributed by atoms with Gasteiger partial charge in [-0.05, 0) is 66.0 Å². The molecule has 4 heterocycles. The molecule has 0 radical (unpaired) electrons. The van der Waals surface area contributed by atoms with Gasteiger partial charge in [0, 0.05) is 52.3 Å². The zero-order valence-electron chi connectivity index (χ0n) is 25.3. The third kappa shape index (κ3) is 4.11. The summed E-state index contributed by atoms with van der Waals surface area (Å²) < 4.78 is 2.30. The summed E-state index contributed by atoms with van der Waals surface area (Å²) in [5.41, 5.74) is 9.75. The first-order valence-electron chi connectivity index (χ1n) is 15.5. The van der Waals surface area contributed by atoms with E-state index < -0.39 is 0 Å². The highest BCUT2D eigenvalue weighted by molar-refractivity contribution is 6.13. The standard InChI is InChI=1S/C40H30N6/c1-43-27-44(40-37(43)20-11-23-41-40)30-16-10-17-31(24-30)45(29-14-6-3-7-15-29)32-21-22-33-34-18-8-9-19-36(34)46-38(28-12-4-2-5-13-28)26-42-39(46)35(33)25-32/h2-26H,27H2,1H3. The van der Waals surface area contributed by atoms with Gasteiger partial charge in [0.05, 0.1) is 29.8 Å². The Kier molecular flexibility index (Phi) is 5.99. The second kappa shape index (κ2) is 10.5. The molecule has 0 unspecified atom stereocenters. The van der Waals surface area contributed by atoms with Gasteiger partial charge in [-0.1, -0.05) is 78.9 Å². The van der Waals surface area contributed by atoms with Crippen LogP contribution in [0.1, 0.15) is 0 Å². The third-order valence-electron chi connectivity index (χ3n) is 8.97. The minimum atomic E-state index is 0.742. The number of fused-ring (bicyclic) bond motifs is 7. The molecule has 0 fully saturated rings. The zero-order chi connectivity index (χ0) is 30.6. The van der Waals surface area contributed by atoms with Gasteiger partial charge in [-0.15, -0.1) is 0 Å². The molecule has 6 heteroatoms. The number of para-hydroxylation sites is 2. The van der Waals surface area contributed by atoms with Crippen molar-refractivity contribution in [3.05, 3.63) is 152 Å². The van der Waals surface area contributed by atoms with Gasteiger partial charge in [0.25, 0.3) is 0 Å². The van der Waals surface area contributed by atoms with Crippen LogP contribution in [0.4, 0.5) is 34.3 Å². The van der Waals surface area contributed by atoms with Crippen LogP contribution in [0.15, 0.2) is 152 Å². The molecule has 0 bridgehead atoms. The van der Waals surface area contributed by atoms with E-state index in [4.69, 9.17) is 9.97 Å². The first kappa shape index (κ1) is 26.3. The van der Waals surface area contributed by atoms with E-state index >= 15 is 0 Å². The number of nitrogens with zero attached hydrogens (tertiary/aromatic N) is 6. The summed E-state index contributed by atoms with van der Waals surface area (Å²) in [7, 11) is 2.11. The van der Waals surface area contributed by atoms with Gasteiger partial charge < -0.3 is 14.7 Å². The van der Waals surface area contributed by atoms with Crippen LogP contribution in [0, 0.1) is 0 Å². The molecule has 0 saturated carbocycles. The first-order valence-corrected chi connectivity index (χ1v) is 15.5. The van der Waals surface area contributed by atoms with Crippen LogP contribution in [0.2, 0.25) is 0 Å². The van der Waals surface area contributed by atoms with Crippen LogP contribution in [0.5, 0.6) is 0 Å². The Morgan fingerprint density at radius 2 is 1.37 bits per heavy atom. The van der Waals surface area contributed by atoms with Gasteiger partial charge in [-0.25, -0.2) is 9.97 Å². The molecule has 3 aromatic heterocycles. The van der Waals surface area contributed by atoms with Gasteiger partial charge in [0.2, 0.25) is 0 Å². The van der Waals surface area contributed by atoms with Crippen molar-refractivity contribution in [3.8, 4) is 11.3 Å². The monoisotopic (exact) mass is 594 g/mol. The van der Waals surface area contributed by atoms with E-state index in [1.807, 2.05) is 18.5 Å². The number of imidazole rings is 1. The van der Waals surface area contributed by atoms with Crippen LogP contribution in [0.3, 0.4) is 0 Å². The minimum absolute atomic E-state index is 0.742. The SMILES string of the molecule is CN1CN(c2cccc(N(c3ccccc3)c3ccc4c5ccccc5n5c(-c6ccccc6)cnc5c4c3)c2)c2ncccc21. The predicted octanol–water partition coefficient (Wildman–Crippen LogP) is 9.72. The zero-order valence-corrected chi connectivity index (χ0v) is 25.3. The second-order valence-electron chi connectivity index (χ2n) is 11.7. The Morgan fingerprint density at radius 1 is 0.609 bits per heavy atom. The van der Waals surface area contributed by atoms with Crippen molar-refractivity contribution in [2.75, 3.05) is 28.4 Å². The van der Waals surface area contributed by atoms with Crippen LogP contribution >= 0.6 is 0 Å². The predicted molar refractivity (Wildman–Crippen MR) is 190 cm³/mol. The Hall–Kier alpha value is -6.14. The normalized spacial score (nSPS) is 12.7. The topological polar surface area (TPSA) is 39.9 Å². The summed E-state index contributed by atoms with van der Waals surface area (Å²) in [6.45, 7) is 0.742. The molecular formula is C40H30N6. The lowest BCUT2D eigenvalue weighted by atomic mass is 10.0. The lowest BCUT2D eigenvalue weighted by Gasteiger charge is -2.27. The van der Waals surface area contributed by atoms with Crippen molar-refractivity contribution in [2.24, 2.45) is 0 Å². The number of hydrogen-bond donors (Lipinski definition) is 0. The summed E-state index contributed by atoms with van der Waals surface area (Å²) in [6, 6.07) is 49.3. The summed E-state index contributed by atoms with van der Waals surface area (Å²) in [4.78, 5) is 16.6. The molecule has 0 spiro atoms. The van der Waals surface area contributed by atoms with Crippen molar-refractivity contribution in [2.45, 2.75) is 0 Å².